The standard InChI is InChI=1S/C22H23N3O3S/c1-16(28-19-5-3-2-4-6-19)22(27)24-12-9-18(10-13-24)25-21(26)8-7-20(23-25)17-11-14-29-15-17/h2-8,11,14-16,18H,9-10,12-13H2,1H3. The number of thiophene rings is 1. The van der Waals surface area contributed by atoms with Crippen molar-refractivity contribution in [3.05, 3.63) is 69.6 Å². The van der Waals surface area contributed by atoms with Crippen molar-refractivity contribution in [1.82, 2.24) is 14.7 Å². The van der Waals surface area contributed by atoms with Gasteiger partial charge in [-0.15, -0.1) is 0 Å². The Balaban J connectivity index is 1.40. The highest BCUT2D eigenvalue weighted by atomic mass is 32.1. The van der Waals surface area contributed by atoms with Gasteiger partial charge < -0.3 is 9.64 Å². The summed E-state index contributed by atoms with van der Waals surface area (Å²) < 4.78 is 7.34. The largest absolute Gasteiger partial charge is 0.481 e. The third-order valence-electron chi connectivity index (χ3n) is 5.17. The van der Waals surface area contributed by atoms with Crippen LogP contribution < -0.4 is 10.3 Å². The highest BCUT2D eigenvalue weighted by Gasteiger charge is 2.28. The van der Waals surface area contributed by atoms with Crippen LogP contribution in [-0.2, 0) is 4.79 Å². The Morgan fingerprint density at radius 3 is 2.59 bits per heavy atom. The lowest BCUT2D eigenvalue weighted by molar-refractivity contribution is -0.139. The molecule has 150 valence electrons. The molecule has 0 bridgehead atoms. The number of piperidine rings is 1. The summed E-state index contributed by atoms with van der Waals surface area (Å²) >= 11 is 1.60. The first-order valence-corrected chi connectivity index (χ1v) is 10.7. The smallest absolute Gasteiger partial charge is 0.267 e. The van der Waals surface area contributed by atoms with Crippen LogP contribution in [0.15, 0.2) is 64.1 Å². The molecule has 1 aliphatic rings. The molecule has 0 spiro atoms. The van der Waals surface area contributed by atoms with Gasteiger partial charge in [-0.1, -0.05) is 18.2 Å². The Morgan fingerprint density at radius 1 is 1.14 bits per heavy atom. The number of carbonyl (C=O) groups excluding carboxylic acids is 1. The zero-order valence-electron chi connectivity index (χ0n) is 16.2. The van der Waals surface area contributed by atoms with E-state index in [0.717, 1.165) is 11.3 Å². The van der Waals surface area contributed by atoms with Gasteiger partial charge in [-0.05, 0) is 49.4 Å². The number of carbonyl (C=O) groups is 1. The van der Waals surface area contributed by atoms with Gasteiger partial charge in [0.1, 0.15) is 5.75 Å². The molecule has 7 heteroatoms. The molecule has 3 heterocycles. The minimum Gasteiger partial charge on any atom is -0.481 e. The first-order valence-electron chi connectivity index (χ1n) is 9.75. The van der Waals surface area contributed by atoms with Gasteiger partial charge in [0.05, 0.1) is 11.7 Å². The third kappa shape index (κ3) is 4.40. The molecule has 29 heavy (non-hydrogen) atoms. The number of hydrogen-bond acceptors (Lipinski definition) is 5. The SMILES string of the molecule is CC(Oc1ccccc1)C(=O)N1CCC(n2nc(-c3ccsc3)ccc2=O)CC1. The molecule has 6 nitrogen and oxygen atoms in total. The molecule has 1 unspecified atom stereocenters. The molecule has 2 aromatic heterocycles. The summed E-state index contributed by atoms with van der Waals surface area (Å²) in [6.45, 7) is 2.95. The summed E-state index contributed by atoms with van der Waals surface area (Å²) in [6, 6.07) is 14.7. The number of benzene rings is 1. The van der Waals surface area contributed by atoms with Gasteiger partial charge in [0, 0.05) is 30.1 Å². The summed E-state index contributed by atoms with van der Waals surface area (Å²) in [5, 5.41) is 8.60. The molecule has 4 rings (SSSR count). The van der Waals surface area contributed by atoms with Crippen LogP contribution in [0.2, 0.25) is 0 Å². The second kappa shape index (κ2) is 8.61. The molecule has 1 fully saturated rings. The number of hydrogen-bond donors (Lipinski definition) is 0. The topological polar surface area (TPSA) is 64.4 Å². The van der Waals surface area contributed by atoms with E-state index in [0.29, 0.717) is 31.7 Å². The van der Waals surface area contributed by atoms with Crippen LogP contribution in [0.5, 0.6) is 5.75 Å². The van der Waals surface area contributed by atoms with Gasteiger partial charge in [-0.2, -0.15) is 16.4 Å². The van der Waals surface area contributed by atoms with E-state index in [9.17, 15) is 9.59 Å². The van der Waals surface area contributed by atoms with E-state index in [-0.39, 0.29) is 17.5 Å². The summed E-state index contributed by atoms with van der Waals surface area (Å²) in [5.41, 5.74) is 1.71. The summed E-state index contributed by atoms with van der Waals surface area (Å²) in [4.78, 5) is 26.9. The van der Waals surface area contributed by atoms with E-state index in [4.69, 9.17) is 4.74 Å². The molecular formula is C22H23N3O3S. The Kier molecular flexibility index (Phi) is 5.76. The molecule has 1 atom stereocenters. The average molecular weight is 410 g/mol. The Bertz CT molecular complexity index is 1010. The van der Waals surface area contributed by atoms with Crippen molar-refractivity contribution in [1.29, 1.82) is 0 Å². The van der Waals surface area contributed by atoms with Gasteiger partial charge in [-0.25, -0.2) is 4.68 Å². The summed E-state index contributed by atoms with van der Waals surface area (Å²) in [7, 11) is 0. The number of aromatic nitrogens is 2. The predicted octanol–water partition coefficient (Wildman–Crippen LogP) is 3.60. The van der Waals surface area contributed by atoms with Gasteiger partial charge in [0.25, 0.3) is 11.5 Å². The fraction of sp³-hybridized carbons (Fsp3) is 0.318. The van der Waals surface area contributed by atoms with E-state index >= 15 is 0 Å². The molecule has 0 N–H and O–H groups in total. The zero-order chi connectivity index (χ0) is 20.2. The first kappa shape index (κ1) is 19.4. The number of amides is 1. The van der Waals surface area contributed by atoms with E-state index in [2.05, 4.69) is 5.10 Å². The van der Waals surface area contributed by atoms with E-state index in [1.165, 1.54) is 0 Å². The van der Waals surface area contributed by atoms with Crippen molar-refractivity contribution in [2.75, 3.05) is 13.1 Å². The maximum atomic E-state index is 12.7. The molecule has 0 radical (unpaired) electrons. The lowest BCUT2D eigenvalue weighted by atomic mass is 10.0. The molecule has 3 aromatic rings. The Labute approximate surface area is 173 Å². The van der Waals surface area contributed by atoms with Crippen LogP contribution in [0, 0.1) is 0 Å². The van der Waals surface area contributed by atoms with Crippen molar-refractivity contribution in [2.45, 2.75) is 31.9 Å². The predicted molar refractivity (Wildman–Crippen MR) is 113 cm³/mol. The highest BCUT2D eigenvalue weighted by Crippen LogP contribution is 2.24. The lowest BCUT2D eigenvalue weighted by Gasteiger charge is -2.33. The van der Waals surface area contributed by atoms with Crippen LogP contribution in [0.3, 0.4) is 0 Å². The minimum absolute atomic E-state index is 0.00418. The number of ether oxygens (including phenoxy) is 1. The number of likely N-dealkylation sites (tertiary alicyclic amines) is 1. The normalized spacial score (nSPS) is 15.8. The molecule has 1 aromatic carbocycles. The lowest BCUT2D eigenvalue weighted by Crippen LogP contribution is -2.46. The van der Waals surface area contributed by atoms with Gasteiger partial charge in [0.15, 0.2) is 6.10 Å². The van der Waals surface area contributed by atoms with E-state index < -0.39 is 6.10 Å². The number of para-hydroxylation sites is 1. The van der Waals surface area contributed by atoms with Gasteiger partial charge in [0.2, 0.25) is 0 Å². The van der Waals surface area contributed by atoms with Crippen molar-refractivity contribution in [2.24, 2.45) is 0 Å². The summed E-state index contributed by atoms with van der Waals surface area (Å²) in [5.74, 6) is 0.656. The maximum Gasteiger partial charge on any atom is 0.267 e. The van der Waals surface area contributed by atoms with Crippen molar-refractivity contribution < 1.29 is 9.53 Å². The molecule has 1 saturated heterocycles. The van der Waals surface area contributed by atoms with Gasteiger partial charge >= 0.3 is 0 Å². The molecule has 0 saturated carbocycles. The van der Waals surface area contributed by atoms with Crippen LogP contribution in [0.25, 0.3) is 11.3 Å². The number of nitrogens with zero attached hydrogens (tertiary/aromatic N) is 3. The first-order chi connectivity index (χ1) is 14.1. The van der Waals surface area contributed by atoms with Crippen LogP contribution in [-0.4, -0.2) is 39.8 Å². The van der Waals surface area contributed by atoms with E-state index in [1.807, 2.05) is 52.1 Å². The maximum absolute atomic E-state index is 12.7. The second-order valence-electron chi connectivity index (χ2n) is 7.14. The van der Waals surface area contributed by atoms with E-state index in [1.54, 1.807) is 35.1 Å². The fourth-order valence-corrected chi connectivity index (χ4v) is 4.24. The number of rotatable bonds is 5. The molecule has 0 aliphatic carbocycles. The van der Waals surface area contributed by atoms with Crippen LogP contribution in [0.4, 0.5) is 0 Å². The average Bonchev–Trinajstić information content (AvgIpc) is 3.29. The van der Waals surface area contributed by atoms with Crippen molar-refractivity contribution >= 4 is 17.2 Å². The van der Waals surface area contributed by atoms with Crippen LogP contribution >= 0.6 is 11.3 Å². The molecule has 1 amide bonds. The highest BCUT2D eigenvalue weighted by molar-refractivity contribution is 7.08. The third-order valence-corrected chi connectivity index (χ3v) is 5.85. The molecular weight excluding hydrogens is 386 g/mol. The van der Waals surface area contributed by atoms with Crippen molar-refractivity contribution in [3.8, 4) is 17.0 Å². The fourth-order valence-electron chi connectivity index (χ4n) is 3.59. The van der Waals surface area contributed by atoms with Crippen molar-refractivity contribution in [3.63, 3.8) is 0 Å². The Hall–Kier alpha value is -2.93. The quantitative estimate of drug-likeness (QED) is 0.646. The molecule has 1 aliphatic heterocycles. The van der Waals surface area contributed by atoms with Crippen LogP contribution in [0.1, 0.15) is 25.8 Å². The Morgan fingerprint density at radius 2 is 1.90 bits per heavy atom. The van der Waals surface area contributed by atoms with Gasteiger partial charge in [-0.3, -0.25) is 9.59 Å². The monoisotopic (exact) mass is 409 g/mol. The summed E-state index contributed by atoms with van der Waals surface area (Å²) in [6.07, 6.45) is 0.852. The second-order valence-corrected chi connectivity index (χ2v) is 7.92. The minimum atomic E-state index is -0.545. The zero-order valence-corrected chi connectivity index (χ0v) is 17.0.